The van der Waals surface area contributed by atoms with Crippen molar-refractivity contribution in [3.05, 3.63) is 35.4 Å². The van der Waals surface area contributed by atoms with E-state index in [2.05, 4.69) is 5.32 Å². The summed E-state index contributed by atoms with van der Waals surface area (Å²) in [6, 6.07) is 9.03. The van der Waals surface area contributed by atoms with Crippen LogP contribution in [0.25, 0.3) is 6.08 Å². The number of methoxy groups -OCH3 is 1. The number of amides is 1. The molecule has 0 saturated heterocycles. The maximum absolute atomic E-state index is 11.3. The van der Waals surface area contributed by atoms with Crippen molar-refractivity contribution < 1.29 is 9.53 Å². The highest BCUT2D eigenvalue weighted by Gasteiger charge is 2.07. The molecule has 16 heavy (non-hydrogen) atoms. The average Bonchev–Trinajstić information content (AvgIpc) is 2.35. The van der Waals surface area contributed by atoms with E-state index in [1.54, 1.807) is 19.2 Å². The number of para-hydroxylation sites is 1. The van der Waals surface area contributed by atoms with E-state index in [1.807, 2.05) is 18.2 Å². The zero-order valence-electron chi connectivity index (χ0n) is 9.15. The molecule has 4 heteroatoms. The van der Waals surface area contributed by atoms with Gasteiger partial charge in [-0.3, -0.25) is 4.79 Å². The molecule has 1 aromatic carbocycles. The van der Waals surface area contributed by atoms with Crippen LogP contribution in [-0.2, 0) is 4.79 Å². The van der Waals surface area contributed by atoms with Crippen molar-refractivity contribution >= 4 is 12.0 Å². The van der Waals surface area contributed by atoms with Crippen LogP contribution in [0.15, 0.2) is 29.8 Å². The molecule has 0 bridgehead atoms. The molecule has 0 aliphatic heterocycles. The van der Waals surface area contributed by atoms with Gasteiger partial charge in [0.05, 0.1) is 7.11 Å². The van der Waals surface area contributed by atoms with Crippen molar-refractivity contribution in [3.8, 4) is 11.8 Å². The topological polar surface area (TPSA) is 62.1 Å². The van der Waals surface area contributed by atoms with Crippen molar-refractivity contribution in [2.24, 2.45) is 0 Å². The van der Waals surface area contributed by atoms with Gasteiger partial charge in [0, 0.05) is 12.6 Å². The van der Waals surface area contributed by atoms with Crippen LogP contribution in [-0.4, -0.2) is 20.1 Å². The molecule has 0 unspecified atom stereocenters. The number of ether oxygens (including phenoxy) is 1. The quantitative estimate of drug-likeness (QED) is 0.612. The van der Waals surface area contributed by atoms with Crippen LogP contribution in [0.1, 0.15) is 5.56 Å². The Morgan fingerprint density at radius 2 is 2.19 bits per heavy atom. The highest BCUT2D eigenvalue weighted by Crippen LogP contribution is 2.20. The number of carbonyl (C=O) groups excluding carboxylic acids is 1. The lowest BCUT2D eigenvalue weighted by molar-refractivity contribution is -0.116. The number of hydrogen-bond acceptors (Lipinski definition) is 3. The van der Waals surface area contributed by atoms with Gasteiger partial charge in [0.1, 0.15) is 17.4 Å². The first-order chi connectivity index (χ1) is 7.72. The summed E-state index contributed by atoms with van der Waals surface area (Å²) in [7, 11) is 3.02. The summed E-state index contributed by atoms with van der Waals surface area (Å²) in [6.07, 6.45) is 1.50. The zero-order chi connectivity index (χ0) is 12.0. The third-order valence-corrected chi connectivity index (χ3v) is 2.03. The SMILES string of the molecule is CNC(=O)C(C#N)=Cc1ccccc1OC. The predicted molar refractivity (Wildman–Crippen MR) is 60.7 cm³/mol. The minimum absolute atomic E-state index is 0.0481. The Morgan fingerprint density at radius 3 is 2.75 bits per heavy atom. The van der Waals surface area contributed by atoms with E-state index < -0.39 is 5.91 Å². The molecule has 0 aliphatic carbocycles. The molecule has 4 nitrogen and oxygen atoms in total. The molecule has 1 amide bonds. The lowest BCUT2D eigenvalue weighted by Crippen LogP contribution is -2.19. The molecule has 0 aromatic heterocycles. The molecule has 0 radical (unpaired) electrons. The number of likely N-dealkylation sites (N-methyl/N-ethyl adjacent to an activating group) is 1. The third-order valence-electron chi connectivity index (χ3n) is 2.03. The van der Waals surface area contributed by atoms with Crippen LogP contribution in [0.5, 0.6) is 5.75 Å². The second-order valence-corrected chi connectivity index (χ2v) is 2.99. The molecule has 1 rings (SSSR count). The van der Waals surface area contributed by atoms with Crippen molar-refractivity contribution in [1.82, 2.24) is 5.32 Å². The summed E-state index contributed by atoms with van der Waals surface area (Å²) in [5.74, 6) is 0.215. The fourth-order valence-electron chi connectivity index (χ4n) is 1.22. The summed E-state index contributed by atoms with van der Waals surface area (Å²) in [5, 5.41) is 11.2. The van der Waals surface area contributed by atoms with E-state index in [0.29, 0.717) is 11.3 Å². The Bertz CT molecular complexity index is 458. The molecule has 0 spiro atoms. The summed E-state index contributed by atoms with van der Waals surface area (Å²) in [5.41, 5.74) is 0.747. The molecule has 1 aromatic rings. The number of benzene rings is 1. The van der Waals surface area contributed by atoms with E-state index in [0.717, 1.165) is 0 Å². The van der Waals surface area contributed by atoms with Crippen molar-refractivity contribution in [1.29, 1.82) is 5.26 Å². The van der Waals surface area contributed by atoms with E-state index in [9.17, 15) is 4.79 Å². The Balaban J connectivity index is 3.14. The molecular formula is C12H12N2O2. The standard InChI is InChI=1S/C12H12N2O2/c1-14-12(15)10(8-13)7-9-5-3-4-6-11(9)16-2/h3-7H,1-2H3,(H,14,15). The van der Waals surface area contributed by atoms with Crippen LogP contribution in [0.4, 0.5) is 0 Å². The summed E-state index contributed by atoms with van der Waals surface area (Å²) in [6.45, 7) is 0. The van der Waals surface area contributed by atoms with Crippen LogP contribution in [0, 0.1) is 11.3 Å². The normalized spacial score (nSPS) is 10.4. The number of hydrogen-bond donors (Lipinski definition) is 1. The smallest absolute Gasteiger partial charge is 0.261 e. The van der Waals surface area contributed by atoms with Crippen molar-refractivity contribution in [3.63, 3.8) is 0 Å². The van der Waals surface area contributed by atoms with Crippen LogP contribution < -0.4 is 10.1 Å². The summed E-state index contributed by atoms with van der Waals surface area (Å²) < 4.78 is 5.12. The van der Waals surface area contributed by atoms with Gasteiger partial charge in [-0.05, 0) is 12.1 Å². The average molecular weight is 216 g/mol. The minimum atomic E-state index is -0.409. The minimum Gasteiger partial charge on any atom is -0.496 e. The van der Waals surface area contributed by atoms with Gasteiger partial charge >= 0.3 is 0 Å². The largest absolute Gasteiger partial charge is 0.496 e. The maximum atomic E-state index is 11.3. The van der Waals surface area contributed by atoms with Crippen LogP contribution >= 0.6 is 0 Å². The molecule has 0 saturated carbocycles. The van der Waals surface area contributed by atoms with Gasteiger partial charge in [-0.1, -0.05) is 18.2 Å². The van der Waals surface area contributed by atoms with Crippen LogP contribution in [0.3, 0.4) is 0 Å². The van der Waals surface area contributed by atoms with Crippen LogP contribution in [0.2, 0.25) is 0 Å². The lowest BCUT2D eigenvalue weighted by atomic mass is 10.1. The Morgan fingerprint density at radius 1 is 1.50 bits per heavy atom. The molecular weight excluding hydrogens is 204 g/mol. The van der Waals surface area contributed by atoms with Gasteiger partial charge < -0.3 is 10.1 Å². The summed E-state index contributed by atoms with van der Waals surface area (Å²) >= 11 is 0. The highest BCUT2D eigenvalue weighted by atomic mass is 16.5. The third kappa shape index (κ3) is 2.61. The number of nitriles is 1. The molecule has 0 fully saturated rings. The Kier molecular flexibility index (Phi) is 4.10. The molecule has 0 aliphatic rings. The van der Waals surface area contributed by atoms with E-state index in [1.165, 1.54) is 13.1 Å². The Labute approximate surface area is 94.1 Å². The predicted octanol–water partition coefficient (Wildman–Crippen LogP) is 1.35. The van der Waals surface area contributed by atoms with Gasteiger partial charge in [0.25, 0.3) is 5.91 Å². The maximum Gasteiger partial charge on any atom is 0.261 e. The van der Waals surface area contributed by atoms with Gasteiger partial charge in [-0.15, -0.1) is 0 Å². The zero-order valence-corrected chi connectivity index (χ0v) is 9.15. The van der Waals surface area contributed by atoms with Gasteiger partial charge in [-0.2, -0.15) is 5.26 Å². The van der Waals surface area contributed by atoms with Gasteiger partial charge in [0.2, 0.25) is 0 Å². The summed E-state index contributed by atoms with van der Waals surface area (Å²) in [4.78, 5) is 11.3. The van der Waals surface area contributed by atoms with Crippen molar-refractivity contribution in [2.45, 2.75) is 0 Å². The van der Waals surface area contributed by atoms with E-state index >= 15 is 0 Å². The lowest BCUT2D eigenvalue weighted by Gasteiger charge is -2.04. The first kappa shape index (κ1) is 11.8. The monoisotopic (exact) mass is 216 g/mol. The molecule has 82 valence electrons. The van der Waals surface area contributed by atoms with E-state index in [4.69, 9.17) is 10.00 Å². The molecule has 0 heterocycles. The second kappa shape index (κ2) is 5.56. The molecule has 0 atom stereocenters. The fraction of sp³-hybridized carbons (Fsp3) is 0.167. The van der Waals surface area contributed by atoms with Gasteiger partial charge in [-0.25, -0.2) is 0 Å². The number of rotatable bonds is 3. The Hall–Kier alpha value is -2.28. The molecule has 1 N–H and O–H groups in total. The number of nitrogens with one attached hydrogen (secondary N) is 1. The second-order valence-electron chi connectivity index (χ2n) is 2.99. The number of carbonyl (C=O) groups is 1. The van der Waals surface area contributed by atoms with E-state index in [-0.39, 0.29) is 5.57 Å². The van der Waals surface area contributed by atoms with Gasteiger partial charge in [0.15, 0.2) is 0 Å². The first-order valence-corrected chi connectivity index (χ1v) is 4.69. The van der Waals surface area contributed by atoms with Crippen molar-refractivity contribution in [2.75, 3.05) is 14.2 Å². The number of nitrogens with zero attached hydrogens (tertiary/aromatic N) is 1. The fourth-order valence-corrected chi connectivity index (χ4v) is 1.22. The highest BCUT2D eigenvalue weighted by molar-refractivity contribution is 6.01. The first-order valence-electron chi connectivity index (χ1n) is 4.69.